The van der Waals surface area contributed by atoms with Crippen molar-refractivity contribution >= 4 is 0 Å². The molecule has 1 aromatic carbocycles. The summed E-state index contributed by atoms with van der Waals surface area (Å²) in [5.74, 6) is 1.69. The second-order valence-electron chi connectivity index (χ2n) is 5.27. The van der Waals surface area contributed by atoms with Gasteiger partial charge in [0.15, 0.2) is 0 Å². The van der Waals surface area contributed by atoms with E-state index in [0.717, 1.165) is 12.2 Å². The molecule has 1 atom stereocenters. The molecule has 0 aromatic heterocycles. The lowest BCUT2D eigenvalue weighted by Crippen LogP contribution is -2.12. The molecule has 0 spiro atoms. The molecular formula is C15H25NO. The maximum atomic E-state index is 6.23. The number of aryl methyl sites for hydroxylation is 2. The van der Waals surface area contributed by atoms with Crippen LogP contribution in [0, 0.1) is 19.8 Å². The average Bonchev–Trinajstić information content (AvgIpc) is 2.25. The van der Waals surface area contributed by atoms with Crippen molar-refractivity contribution in [2.45, 2.75) is 46.6 Å². The van der Waals surface area contributed by atoms with Gasteiger partial charge in [-0.25, -0.2) is 0 Å². The fraction of sp³-hybridized carbons (Fsp3) is 0.600. The Bertz CT molecular complexity index is 348. The minimum absolute atomic E-state index is 0.140. The Morgan fingerprint density at radius 1 is 1.12 bits per heavy atom. The molecule has 2 nitrogen and oxygen atoms in total. The Morgan fingerprint density at radius 2 is 1.65 bits per heavy atom. The van der Waals surface area contributed by atoms with Gasteiger partial charge in [-0.3, -0.25) is 0 Å². The van der Waals surface area contributed by atoms with E-state index in [4.69, 9.17) is 10.5 Å². The third kappa shape index (κ3) is 3.74. The number of nitrogens with two attached hydrogens (primary N) is 1. The molecule has 0 amide bonds. The smallest absolute Gasteiger partial charge is 0.124 e. The average molecular weight is 235 g/mol. The first-order valence-corrected chi connectivity index (χ1v) is 6.36. The van der Waals surface area contributed by atoms with Crippen molar-refractivity contribution in [2.75, 3.05) is 7.11 Å². The molecule has 0 saturated heterocycles. The molecule has 2 N–H and O–H groups in total. The van der Waals surface area contributed by atoms with E-state index < -0.39 is 0 Å². The highest BCUT2D eigenvalue weighted by molar-refractivity contribution is 5.44. The zero-order valence-corrected chi connectivity index (χ0v) is 11.7. The van der Waals surface area contributed by atoms with E-state index in [9.17, 15) is 0 Å². The Labute approximate surface area is 105 Å². The Morgan fingerprint density at radius 3 is 2.06 bits per heavy atom. The maximum Gasteiger partial charge on any atom is 0.124 e. The molecule has 1 unspecified atom stereocenters. The molecule has 0 radical (unpaired) electrons. The molecule has 2 heteroatoms. The predicted molar refractivity (Wildman–Crippen MR) is 73.5 cm³/mol. The first-order chi connectivity index (χ1) is 7.95. The van der Waals surface area contributed by atoms with Crippen LogP contribution in [0.4, 0.5) is 0 Å². The fourth-order valence-electron chi connectivity index (χ4n) is 2.20. The van der Waals surface area contributed by atoms with Crippen LogP contribution >= 0.6 is 0 Å². The van der Waals surface area contributed by atoms with Gasteiger partial charge < -0.3 is 10.5 Å². The molecule has 0 fully saturated rings. The quantitative estimate of drug-likeness (QED) is 0.843. The predicted octanol–water partition coefficient (Wildman–Crippen LogP) is 3.75. The van der Waals surface area contributed by atoms with Crippen molar-refractivity contribution in [2.24, 2.45) is 11.7 Å². The first-order valence-electron chi connectivity index (χ1n) is 6.36. The SMILES string of the molecule is COc1c(C)cc(C(N)CCC(C)C)cc1C. The van der Waals surface area contributed by atoms with Crippen LogP contribution in [0.2, 0.25) is 0 Å². The van der Waals surface area contributed by atoms with E-state index >= 15 is 0 Å². The molecule has 0 aliphatic heterocycles. The molecule has 0 aliphatic rings. The molecule has 1 rings (SSSR count). The van der Waals surface area contributed by atoms with Gasteiger partial charge >= 0.3 is 0 Å². The fourth-order valence-corrected chi connectivity index (χ4v) is 2.20. The number of methoxy groups -OCH3 is 1. The third-order valence-electron chi connectivity index (χ3n) is 3.17. The highest BCUT2D eigenvalue weighted by Gasteiger charge is 2.11. The second-order valence-corrected chi connectivity index (χ2v) is 5.27. The lowest BCUT2D eigenvalue weighted by Gasteiger charge is -2.17. The van der Waals surface area contributed by atoms with Gasteiger partial charge in [0.1, 0.15) is 5.75 Å². The maximum absolute atomic E-state index is 6.23. The zero-order valence-electron chi connectivity index (χ0n) is 11.7. The summed E-state index contributed by atoms with van der Waals surface area (Å²) in [6, 6.07) is 4.44. The topological polar surface area (TPSA) is 35.2 Å². The van der Waals surface area contributed by atoms with Crippen LogP contribution in [0.1, 0.15) is 49.4 Å². The summed E-state index contributed by atoms with van der Waals surface area (Å²) in [6.45, 7) is 8.61. The van der Waals surface area contributed by atoms with E-state index in [1.807, 2.05) is 0 Å². The van der Waals surface area contributed by atoms with Crippen molar-refractivity contribution in [1.82, 2.24) is 0 Å². The van der Waals surface area contributed by atoms with Crippen LogP contribution in [0.5, 0.6) is 5.75 Å². The van der Waals surface area contributed by atoms with E-state index in [2.05, 4.69) is 39.8 Å². The summed E-state index contributed by atoms with van der Waals surface area (Å²) < 4.78 is 5.37. The molecule has 0 heterocycles. The normalized spacial score (nSPS) is 12.9. The van der Waals surface area contributed by atoms with Crippen LogP contribution in [0.15, 0.2) is 12.1 Å². The number of hydrogen-bond donors (Lipinski definition) is 1. The van der Waals surface area contributed by atoms with Crippen molar-refractivity contribution < 1.29 is 4.74 Å². The summed E-state index contributed by atoms with van der Waals surface area (Å²) in [5.41, 5.74) is 9.79. The molecule has 1 aromatic rings. The highest BCUT2D eigenvalue weighted by atomic mass is 16.5. The van der Waals surface area contributed by atoms with Gasteiger partial charge in [-0.05, 0) is 49.3 Å². The monoisotopic (exact) mass is 235 g/mol. The highest BCUT2D eigenvalue weighted by Crippen LogP contribution is 2.28. The van der Waals surface area contributed by atoms with E-state index in [1.165, 1.54) is 23.1 Å². The van der Waals surface area contributed by atoms with Crippen LogP contribution in [-0.2, 0) is 0 Å². The van der Waals surface area contributed by atoms with E-state index in [0.29, 0.717) is 5.92 Å². The van der Waals surface area contributed by atoms with Crippen LogP contribution in [0.3, 0.4) is 0 Å². The van der Waals surface area contributed by atoms with Crippen molar-refractivity contribution in [1.29, 1.82) is 0 Å². The number of rotatable bonds is 5. The van der Waals surface area contributed by atoms with Crippen LogP contribution in [0.25, 0.3) is 0 Å². The molecule has 0 aliphatic carbocycles. The lowest BCUT2D eigenvalue weighted by molar-refractivity contribution is 0.408. The minimum Gasteiger partial charge on any atom is -0.496 e. The van der Waals surface area contributed by atoms with Gasteiger partial charge in [-0.2, -0.15) is 0 Å². The Kier molecular flexibility index (Phi) is 5.01. The standard InChI is InChI=1S/C15H25NO/c1-10(2)6-7-14(16)13-8-11(3)15(17-5)12(4)9-13/h8-10,14H,6-7,16H2,1-5H3. The number of hydrogen-bond acceptors (Lipinski definition) is 2. The van der Waals surface area contributed by atoms with Gasteiger partial charge in [0.25, 0.3) is 0 Å². The molecule has 0 saturated carbocycles. The summed E-state index contributed by atoms with van der Waals surface area (Å²) in [7, 11) is 1.72. The van der Waals surface area contributed by atoms with E-state index in [-0.39, 0.29) is 6.04 Å². The second kappa shape index (κ2) is 6.06. The summed E-state index contributed by atoms with van der Waals surface area (Å²) >= 11 is 0. The Hall–Kier alpha value is -1.02. The third-order valence-corrected chi connectivity index (χ3v) is 3.17. The van der Waals surface area contributed by atoms with E-state index in [1.54, 1.807) is 7.11 Å². The van der Waals surface area contributed by atoms with Crippen LogP contribution < -0.4 is 10.5 Å². The van der Waals surface area contributed by atoms with Gasteiger partial charge in [-0.15, -0.1) is 0 Å². The zero-order chi connectivity index (χ0) is 13.0. The minimum atomic E-state index is 0.140. The Balaban J connectivity index is 2.84. The molecule has 96 valence electrons. The number of ether oxygens (including phenoxy) is 1. The summed E-state index contributed by atoms with van der Waals surface area (Å²) in [5, 5.41) is 0. The van der Waals surface area contributed by atoms with Gasteiger partial charge in [0, 0.05) is 6.04 Å². The van der Waals surface area contributed by atoms with Gasteiger partial charge in [0.2, 0.25) is 0 Å². The number of benzene rings is 1. The van der Waals surface area contributed by atoms with Gasteiger partial charge in [0.05, 0.1) is 7.11 Å². The van der Waals surface area contributed by atoms with Crippen molar-refractivity contribution in [3.05, 3.63) is 28.8 Å². The molecular weight excluding hydrogens is 210 g/mol. The van der Waals surface area contributed by atoms with Crippen molar-refractivity contribution in [3.63, 3.8) is 0 Å². The van der Waals surface area contributed by atoms with Crippen LogP contribution in [-0.4, -0.2) is 7.11 Å². The lowest BCUT2D eigenvalue weighted by atomic mass is 9.95. The molecule has 17 heavy (non-hydrogen) atoms. The largest absolute Gasteiger partial charge is 0.496 e. The summed E-state index contributed by atoms with van der Waals surface area (Å²) in [6.07, 6.45) is 2.22. The van der Waals surface area contributed by atoms with Crippen molar-refractivity contribution in [3.8, 4) is 5.75 Å². The first kappa shape index (κ1) is 14.0. The molecule has 0 bridgehead atoms. The van der Waals surface area contributed by atoms with Gasteiger partial charge in [-0.1, -0.05) is 26.0 Å². The summed E-state index contributed by atoms with van der Waals surface area (Å²) in [4.78, 5) is 0.